The van der Waals surface area contributed by atoms with E-state index in [1.54, 1.807) is 0 Å². The van der Waals surface area contributed by atoms with E-state index >= 15 is 0 Å². The van der Waals surface area contributed by atoms with Crippen LogP contribution in [0.3, 0.4) is 0 Å². The Bertz CT molecular complexity index is 339. The van der Waals surface area contributed by atoms with Gasteiger partial charge >= 0.3 is 0 Å². The molecule has 0 aromatic heterocycles. The number of phenols is 1. The maximum atomic E-state index is 12.8. The molecule has 1 fully saturated rings. The van der Waals surface area contributed by atoms with Crippen LogP contribution in [0.25, 0.3) is 0 Å². The smallest absolute Gasteiger partial charge is 0.145 e. The molecule has 0 amide bonds. The Morgan fingerprint density at radius 2 is 2.23 bits per heavy atom. The monoisotopic (exact) mass is 201 g/mol. The second-order valence-electron chi connectivity index (χ2n) is 3.12. The number of phenolic OH excluding ortho intramolecular Hbond substituents is 1. The first-order chi connectivity index (χ1) is 6.18. The molecule has 0 bridgehead atoms. The van der Waals surface area contributed by atoms with Gasteiger partial charge in [0.15, 0.2) is 0 Å². The molecule has 2 N–H and O–H groups in total. The van der Waals surface area contributed by atoms with E-state index in [1.165, 1.54) is 6.07 Å². The molecule has 70 valence electrons. The summed E-state index contributed by atoms with van der Waals surface area (Å²) in [5, 5.41) is 12.6. The van der Waals surface area contributed by atoms with Crippen LogP contribution in [-0.4, -0.2) is 11.7 Å². The average molecular weight is 202 g/mol. The predicted molar refractivity (Wildman–Crippen MR) is 48.4 cm³/mol. The van der Waals surface area contributed by atoms with E-state index in [4.69, 9.17) is 11.6 Å². The third-order valence-corrected chi connectivity index (χ3v) is 2.56. The fourth-order valence-electron chi connectivity index (χ4n) is 1.38. The lowest BCUT2D eigenvalue weighted by Crippen LogP contribution is -2.34. The number of rotatable bonds is 1. The van der Waals surface area contributed by atoms with Crippen LogP contribution in [0.15, 0.2) is 12.1 Å². The molecule has 1 unspecified atom stereocenters. The molecule has 1 aliphatic heterocycles. The van der Waals surface area contributed by atoms with Gasteiger partial charge in [0.2, 0.25) is 0 Å². The third-order valence-electron chi connectivity index (χ3n) is 2.27. The van der Waals surface area contributed by atoms with E-state index in [0.717, 1.165) is 19.0 Å². The van der Waals surface area contributed by atoms with Gasteiger partial charge in [0, 0.05) is 17.7 Å². The highest BCUT2D eigenvalue weighted by molar-refractivity contribution is 6.30. The van der Waals surface area contributed by atoms with E-state index in [9.17, 15) is 9.50 Å². The SMILES string of the molecule is Oc1cc(F)c(Cl)cc1C1CCN1. The molecule has 1 heterocycles. The molecule has 1 saturated heterocycles. The van der Waals surface area contributed by atoms with Crippen LogP contribution in [-0.2, 0) is 0 Å². The molecule has 4 heteroatoms. The van der Waals surface area contributed by atoms with Crippen molar-refractivity contribution < 1.29 is 9.50 Å². The number of hydrogen-bond donors (Lipinski definition) is 2. The fraction of sp³-hybridized carbons (Fsp3) is 0.333. The minimum absolute atomic E-state index is 0.0286. The van der Waals surface area contributed by atoms with Gasteiger partial charge in [0.1, 0.15) is 11.6 Å². The molecule has 1 aromatic rings. The number of nitrogens with one attached hydrogen (secondary N) is 1. The average Bonchev–Trinajstić information content (AvgIpc) is 1.96. The van der Waals surface area contributed by atoms with Crippen LogP contribution >= 0.6 is 11.6 Å². The highest BCUT2D eigenvalue weighted by Gasteiger charge is 2.22. The van der Waals surface area contributed by atoms with Crippen molar-refractivity contribution in [1.29, 1.82) is 0 Å². The lowest BCUT2D eigenvalue weighted by molar-refractivity contribution is 0.363. The van der Waals surface area contributed by atoms with Crippen LogP contribution in [0.4, 0.5) is 4.39 Å². The molecule has 0 spiro atoms. The molecule has 13 heavy (non-hydrogen) atoms. The molecule has 1 atom stereocenters. The van der Waals surface area contributed by atoms with E-state index in [-0.39, 0.29) is 16.8 Å². The van der Waals surface area contributed by atoms with Crippen molar-refractivity contribution in [3.05, 3.63) is 28.5 Å². The van der Waals surface area contributed by atoms with Crippen molar-refractivity contribution in [2.75, 3.05) is 6.54 Å². The van der Waals surface area contributed by atoms with E-state index in [1.807, 2.05) is 0 Å². The molecular weight excluding hydrogens is 193 g/mol. The van der Waals surface area contributed by atoms with Crippen molar-refractivity contribution in [2.24, 2.45) is 0 Å². The fourth-order valence-corrected chi connectivity index (χ4v) is 1.56. The zero-order valence-electron chi connectivity index (χ0n) is 6.85. The largest absolute Gasteiger partial charge is 0.508 e. The van der Waals surface area contributed by atoms with Crippen LogP contribution < -0.4 is 5.32 Å². The summed E-state index contributed by atoms with van der Waals surface area (Å²) >= 11 is 5.60. The maximum absolute atomic E-state index is 12.8. The number of aromatic hydroxyl groups is 1. The topological polar surface area (TPSA) is 32.3 Å². The molecule has 1 aromatic carbocycles. The van der Waals surface area contributed by atoms with Gasteiger partial charge in [0.25, 0.3) is 0 Å². The Kier molecular flexibility index (Phi) is 2.14. The molecule has 0 aliphatic carbocycles. The Morgan fingerprint density at radius 1 is 1.54 bits per heavy atom. The van der Waals surface area contributed by atoms with Gasteiger partial charge in [-0.25, -0.2) is 4.39 Å². The van der Waals surface area contributed by atoms with Gasteiger partial charge in [-0.15, -0.1) is 0 Å². The van der Waals surface area contributed by atoms with Gasteiger partial charge in [-0.1, -0.05) is 11.6 Å². The normalized spacial score (nSPS) is 21.2. The van der Waals surface area contributed by atoms with E-state index in [2.05, 4.69) is 5.32 Å². The Labute approximate surface area is 80.3 Å². The lowest BCUT2D eigenvalue weighted by Gasteiger charge is -2.28. The predicted octanol–water partition coefficient (Wildman–Crippen LogP) is 2.22. The van der Waals surface area contributed by atoms with Gasteiger partial charge in [-0.2, -0.15) is 0 Å². The zero-order chi connectivity index (χ0) is 9.42. The Morgan fingerprint density at radius 3 is 2.77 bits per heavy atom. The van der Waals surface area contributed by atoms with Gasteiger partial charge in [-0.05, 0) is 19.0 Å². The Balaban J connectivity index is 2.39. The van der Waals surface area contributed by atoms with Crippen molar-refractivity contribution in [1.82, 2.24) is 5.32 Å². The number of halogens is 2. The summed E-state index contributed by atoms with van der Waals surface area (Å²) in [7, 11) is 0. The minimum atomic E-state index is -0.581. The summed E-state index contributed by atoms with van der Waals surface area (Å²) in [4.78, 5) is 0. The summed E-state index contributed by atoms with van der Waals surface area (Å²) in [5.74, 6) is -0.610. The standard InChI is InChI=1S/C9H9ClFNO/c10-6-3-5(8-1-2-12-8)9(13)4-7(6)11/h3-4,8,12-13H,1-2H2. The number of hydrogen-bond acceptors (Lipinski definition) is 2. The highest BCUT2D eigenvalue weighted by atomic mass is 35.5. The second kappa shape index (κ2) is 3.16. The highest BCUT2D eigenvalue weighted by Crippen LogP contribution is 2.33. The second-order valence-corrected chi connectivity index (χ2v) is 3.53. The van der Waals surface area contributed by atoms with Crippen LogP contribution in [0.1, 0.15) is 18.0 Å². The quantitative estimate of drug-likeness (QED) is 0.730. The summed E-state index contributed by atoms with van der Waals surface area (Å²) in [6.07, 6.45) is 0.954. The van der Waals surface area contributed by atoms with Crippen molar-refractivity contribution in [3.63, 3.8) is 0 Å². The molecular formula is C9H9ClFNO. The van der Waals surface area contributed by atoms with Gasteiger partial charge in [0.05, 0.1) is 5.02 Å². The summed E-state index contributed by atoms with van der Waals surface area (Å²) < 4.78 is 12.8. The molecule has 2 rings (SSSR count). The molecule has 0 saturated carbocycles. The van der Waals surface area contributed by atoms with Gasteiger partial charge < -0.3 is 10.4 Å². The van der Waals surface area contributed by atoms with Crippen LogP contribution in [0.2, 0.25) is 5.02 Å². The summed E-state index contributed by atoms with van der Waals surface area (Å²) in [5.41, 5.74) is 0.678. The van der Waals surface area contributed by atoms with E-state index < -0.39 is 5.82 Å². The first-order valence-corrected chi connectivity index (χ1v) is 4.47. The first-order valence-electron chi connectivity index (χ1n) is 4.10. The molecule has 2 nitrogen and oxygen atoms in total. The summed E-state index contributed by atoms with van der Waals surface area (Å²) in [6.45, 7) is 0.930. The number of benzene rings is 1. The van der Waals surface area contributed by atoms with Crippen LogP contribution in [0.5, 0.6) is 5.75 Å². The van der Waals surface area contributed by atoms with Crippen molar-refractivity contribution >= 4 is 11.6 Å². The lowest BCUT2D eigenvalue weighted by atomic mass is 9.97. The minimum Gasteiger partial charge on any atom is -0.508 e. The molecule has 1 aliphatic rings. The first kappa shape index (κ1) is 8.78. The summed E-state index contributed by atoms with van der Waals surface area (Å²) in [6, 6.07) is 2.65. The van der Waals surface area contributed by atoms with Crippen molar-refractivity contribution in [3.8, 4) is 5.75 Å². The van der Waals surface area contributed by atoms with Gasteiger partial charge in [-0.3, -0.25) is 0 Å². The third kappa shape index (κ3) is 1.49. The van der Waals surface area contributed by atoms with Crippen molar-refractivity contribution in [2.45, 2.75) is 12.5 Å². The Hall–Kier alpha value is -0.800. The molecule has 0 radical (unpaired) electrons. The maximum Gasteiger partial charge on any atom is 0.145 e. The zero-order valence-corrected chi connectivity index (χ0v) is 7.61. The van der Waals surface area contributed by atoms with E-state index in [0.29, 0.717) is 5.56 Å². The van der Waals surface area contributed by atoms with Crippen LogP contribution in [0, 0.1) is 5.82 Å².